The van der Waals surface area contributed by atoms with Gasteiger partial charge in [0.25, 0.3) is 5.56 Å². The topological polar surface area (TPSA) is 78.2 Å². The van der Waals surface area contributed by atoms with Gasteiger partial charge in [-0.2, -0.15) is 9.50 Å². The average molecular weight is 439 g/mol. The van der Waals surface area contributed by atoms with Crippen LogP contribution in [0.4, 0.5) is 5.69 Å². The molecule has 0 bridgehead atoms. The predicted octanol–water partition coefficient (Wildman–Crippen LogP) is 2.46. The maximum absolute atomic E-state index is 12.9. The first-order valence-corrected chi connectivity index (χ1v) is 10.3. The van der Waals surface area contributed by atoms with Crippen LogP contribution in [0.1, 0.15) is 5.56 Å². The van der Waals surface area contributed by atoms with Gasteiger partial charge in [-0.3, -0.25) is 4.79 Å². The third-order valence-electron chi connectivity index (χ3n) is 4.81. The highest BCUT2D eigenvalue weighted by molar-refractivity contribution is 7.15. The number of fused-ring (bicyclic) bond motifs is 1. The second kappa shape index (κ2) is 8.27. The van der Waals surface area contributed by atoms with Crippen LogP contribution in [-0.4, -0.2) is 50.0 Å². The fourth-order valence-corrected chi connectivity index (χ4v) is 4.09. The van der Waals surface area contributed by atoms with Crippen molar-refractivity contribution < 1.29 is 14.2 Å². The van der Waals surface area contributed by atoms with E-state index in [-0.39, 0.29) is 5.56 Å². The summed E-state index contributed by atoms with van der Waals surface area (Å²) < 4.78 is 18.0. The average Bonchev–Trinajstić information content (AvgIpc) is 3.32. The van der Waals surface area contributed by atoms with Crippen molar-refractivity contribution in [3.8, 4) is 28.6 Å². The highest BCUT2D eigenvalue weighted by Gasteiger charge is 2.18. The Morgan fingerprint density at radius 1 is 1.00 bits per heavy atom. The number of methoxy groups -OCH3 is 3. The third kappa shape index (κ3) is 3.79. The largest absolute Gasteiger partial charge is 0.493 e. The molecule has 0 spiro atoms. The van der Waals surface area contributed by atoms with Crippen molar-refractivity contribution in [2.75, 3.05) is 40.3 Å². The Morgan fingerprint density at radius 3 is 2.16 bits per heavy atom. The maximum Gasteiger partial charge on any atom is 0.291 e. The maximum atomic E-state index is 12.9. The zero-order chi connectivity index (χ0) is 22.1. The highest BCUT2D eigenvalue weighted by atomic mass is 32.1. The number of aromatic nitrogens is 3. The molecule has 2 heterocycles. The summed E-state index contributed by atoms with van der Waals surface area (Å²) in [5.41, 5.74) is 2.49. The van der Waals surface area contributed by atoms with Gasteiger partial charge in [-0.05, 0) is 35.9 Å². The van der Waals surface area contributed by atoms with Gasteiger partial charge in [0, 0.05) is 25.3 Å². The van der Waals surface area contributed by atoms with Gasteiger partial charge in [0.05, 0.1) is 25.9 Å². The lowest BCUT2D eigenvalue weighted by Gasteiger charge is -2.12. The molecule has 2 aromatic carbocycles. The van der Waals surface area contributed by atoms with Crippen molar-refractivity contribution in [3.05, 3.63) is 56.8 Å². The van der Waals surface area contributed by atoms with E-state index in [2.05, 4.69) is 10.1 Å². The number of ether oxygens (including phenoxy) is 3. The summed E-state index contributed by atoms with van der Waals surface area (Å²) in [6.45, 7) is 0. The summed E-state index contributed by atoms with van der Waals surface area (Å²) in [5, 5.41) is 4.41. The van der Waals surface area contributed by atoms with Gasteiger partial charge in [-0.1, -0.05) is 23.5 Å². The van der Waals surface area contributed by atoms with E-state index in [1.807, 2.05) is 49.3 Å². The van der Waals surface area contributed by atoms with E-state index in [0.717, 1.165) is 11.3 Å². The standard InChI is InChI=1S/C22H22N4O4S/c1-25(2)15-8-6-13(7-9-15)10-18-21(27)26-22(31-18)23-20(24-26)14-11-16(28-3)19(30-5)17(12-14)29-4/h6-12H,1-5H3. The van der Waals surface area contributed by atoms with Gasteiger partial charge < -0.3 is 19.1 Å². The summed E-state index contributed by atoms with van der Waals surface area (Å²) in [6, 6.07) is 11.5. The van der Waals surface area contributed by atoms with E-state index in [4.69, 9.17) is 14.2 Å². The Kier molecular flexibility index (Phi) is 5.51. The molecule has 160 valence electrons. The molecule has 0 atom stereocenters. The van der Waals surface area contributed by atoms with Gasteiger partial charge in [-0.25, -0.2) is 0 Å². The van der Waals surface area contributed by atoms with E-state index in [0.29, 0.717) is 38.1 Å². The molecule has 0 aliphatic heterocycles. The molecule has 4 rings (SSSR count). The van der Waals surface area contributed by atoms with Crippen LogP contribution in [-0.2, 0) is 0 Å². The summed E-state index contributed by atoms with van der Waals surface area (Å²) in [7, 11) is 8.60. The van der Waals surface area contributed by atoms with Crippen LogP contribution in [0, 0.1) is 0 Å². The predicted molar refractivity (Wildman–Crippen MR) is 122 cm³/mol. The van der Waals surface area contributed by atoms with E-state index in [9.17, 15) is 4.79 Å². The number of benzene rings is 2. The van der Waals surface area contributed by atoms with Gasteiger partial charge in [0.2, 0.25) is 10.7 Å². The van der Waals surface area contributed by atoms with Crippen LogP contribution in [0.2, 0.25) is 0 Å². The van der Waals surface area contributed by atoms with Crippen LogP contribution < -0.4 is 29.2 Å². The number of hydrogen-bond donors (Lipinski definition) is 0. The smallest absolute Gasteiger partial charge is 0.291 e. The molecular formula is C22H22N4O4S. The van der Waals surface area contributed by atoms with Gasteiger partial charge in [0.1, 0.15) is 0 Å². The van der Waals surface area contributed by atoms with E-state index < -0.39 is 0 Å². The zero-order valence-corrected chi connectivity index (χ0v) is 18.7. The van der Waals surface area contributed by atoms with E-state index in [1.54, 1.807) is 33.5 Å². The zero-order valence-electron chi connectivity index (χ0n) is 17.9. The Hall–Kier alpha value is -3.59. The lowest BCUT2D eigenvalue weighted by atomic mass is 10.1. The number of anilines is 1. The van der Waals surface area contributed by atoms with Crippen molar-refractivity contribution in [2.45, 2.75) is 0 Å². The fraction of sp³-hybridized carbons (Fsp3) is 0.227. The Morgan fingerprint density at radius 2 is 1.65 bits per heavy atom. The Bertz CT molecular complexity index is 1320. The quantitative estimate of drug-likeness (QED) is 0.458. The molecular weight excluding hydrogens is 416 g/mol. The minimum absolute atomic E-state index is 0.206. The molecule has 9 heteroatoms. The summed E-state index contributed by atoms with van der Waals surface area (Å²) in [6.07, 6.45) is 1.85. The van der Waals surface area contributed by atoms with Crippen molar-refractivity contribution in [2.24, 2.45) is 0 Å². The van der Waals surface area contributed by atoms with E-state index in [1.165, 1.54) is 15.9 Å². The summed E-state index contributed by atoms with van der Waals surface area (Å²) in [5.74, 6) is 1.88. The van der Waals surface area contributed by atoms with Crippen LogP contribution in [0.3, 0.4) is 0 Å². The number of rotatable bonds is 6. The second-order valence-corrected chi connectivity index (χ2v) is 7.95. The van der Waals surface area contributed by atoms with E-state index >= 15 is 0 Å². The van der Waals surface area contributed by atoms with Crippen molar-refractivity contribution in [3.63, 3.8) is 0 Å². The van der Waals surface area contributed by atoms with Crippen LogP contribution >= 0.6 is 11.3 Å². The van der Waals surface area contributed by atoms with Crippen molar-refractivity contribution in [1.82, 2.24) is 14.6 Å². The first-order valence-electron chi connectivity index (χ1n) is 9.44. The highest BCUT2D eigenvalue weighted by Crippen LogP contribution is 2.40. The summed E-state index contributed by atoms with van der Waals surface area (Å²) in [4.78, 5) is 19.9. The Labute approximate surface area is 182 Å². The minimum Gasteiger partial charge on any atom is -0.493 e. The van der Waals surface area contributed by atoms with Crippen molar-refractivity contribution in [1.29, 1.82) is 0 Å². The lowest BCUT2D eigenvalue weighted by molar-refractivity contribution is 0.324. The van der Waals surface area contributed by atoms with Gasteiger partial charge in [0.15, 0.2) is 17.3 Å². The molecule has 2 aromatic heterocycles. The molecule has 0 unspecified atom stereocenters. The number of nitrogens with zero attached hydrogens (tertiary/aromatic N) is 4. The molecule has 0 radical (unpaired) electrons. The third-order valence-corrected chi connectivity index (χ3v) is 5.77. The summed E-state index contributed by atoms with van der Waals surface area (Å²) >= 11 is 1.30. The first kappa shape index (κ1) is 20.7. The van der Waals surface area contributed by atoms with Crippen molar-refractivity contribution >= 4 is 28.1 Å². The monoisotopic (exact) mass is 438 g/mol. The SMILES string of the molecule is COc1cc(-c2nc3sc(=Cc4ccc(N(C)C)cc4)c(=O)n3n2)cc(OC)c1OC. The minimum atomic E-state index is -0.206. The second-order valence-electron chi connectivity index (χ2n) is 6.95. The van der Waals surface area contributed by atoms with Crippen LogP contribution in [0.15, 0.2) is 41.2 Å². The molecule has 31 heavy (non-hydrogen) atoms. The molecule has 0 saturated heterocycles. The number of thiazole rings is 1. The van der Waals surface area contributed by atoms with Crippen LogP contribution in [0.5, 0.6) is 17.2 Å². The molecule has 8 nitrogen and oxygen atoms in total. The van der Waals surface area contributed by atoms with Gasteiger partial charge >= 0.3 is 0 Å². The first-order chi connectivity index (χ1) is 14.9. The fourth-order valence-electron chi connectivity index (χ4n) is 3.19. The molecule has 0 fully saturated rings. The van der Waals surface area contributed by atoms with Crippen LogP contribution in [0.25, 0.3) is 22.4 Å². The molecule has 0 amide bonds. The van der Waals surface area contributed by atoms with Gasteiger partial charge in [-0.15, -0.1) is 5.10 Å². The lowest BCUT2D eigenvalue weighted by Crippen LogP contribution is -2.23. The molecule has 4 aromatic rings. The normalized spacial score (nSPS) is 11.7. The molecule has 0 aliphatic rings. The molecule has 0 N–H and O–H groups in total. The number of hydrogen-bond acceptors (Lipinski definition) is 8. The molecule has 0 aliphatic carbocycles. The molecule has 0 saturated carbocycles. The Balaban J connectivity index is 1.75.